The first-order chi connectivity index (χ1) is 9.74. The summed E-state index contributed by atoms with van der Waals surface area (Å²) >= 11 is 0. The van der Waals surface area contributed by atoms with Crippen LogP contribution in [0.3, 0.4) is 0 Å². The normalized spacial score (nSPS) is 23.9. The van der Waals surface area contributed by atoms with Gasteiger partial charge in [-0.15, -0.1) is 0 Å². The number of benzene rings is 1. The molecule has 2 heteroatoms. The number of hydrogen-bond acceptors (Lipinski definition) is 2. The summed E-state index contributed by atoms with van der Waals surface area (Å²) in [7, 11) is 0. The fraction of sp³-hybridized carbons (Fsp3) is 0.667. The van der Waals surface area contributed by atoms with E-state index in [4.69, 9.17) is 4.74 Å². The van der Waals surface area contributed by atoms with Gasteiger partial charge in [-0.25, -0.2) is 0 Å². The molecule has 1 aliphatic heterocycles. The molecule has 1 N–H and O–H groups in total. The molecule has 1 saturated heterocycles. The average Bonchev–Trinajstić information content (AvgIpc) is 2.88. The molecular weight excluding hydrogens is 246 g/mol. The summed E-state index contributed by atoms with van der Waals surface area (Å²) in [5.41, 5.74) is 2.81. The van der Waals surface area contributed by atoms with E-state index in [2.05, 4.69) is 50.4 Å². The average molecular weight is 275 g/mol. The number of nitrogens with one attached hydrogen (secondary N) is 1. The van der Waals surface area contributed by atoms with Gasteiger partial charge in [0.25, 0.3) is 0 Å². The molecule has 2 nitrogen and oxygen atoms in total. The Morgan fingerprint density at radius 1 is 1.15 bits per heavy atom. The third kappa shape index (κ3) is 4.07. The molecule has 20 heavy (non-hydrogen) atoms. The zero-order valence-corrected chi connectivity index (χ0v) is 13.2. The van der Waals surface area contributed by atoms with Crippen molar-refractivity contribution in [1.82, 2.24) is 5.32 Å². The van der Waals surface area contributed by atoms with Crippen LogP contribution in [0.4, 0.5) is 0 Å². The fourth-order valence-electron chi connectivity index (χ4n) is 3.02. The van der Waals surface area contributed by atoms with Crippen molar-refractivity contribution in [2.24, 2.45) is 0 Å². The Labute approximate surface area is 123 Å². The van der Waals surface area contributed by atoms with Crippen LogP contribution in [0, 0.1) is 0 Å². The van der Waals surface area contributed by atoms with Crippen LogP contribution in [-0.2, 0) is 11.2 Å². The number of rotatable bonds is 7. The first-order valence-corrected chi connectivity index (χ1v) is 8.22. The van der Waals surface area contributed by atoms with Crippen molar-refractivity contribution in [2.45, 2.75) is 71.1 Å². The molecular formula is C18H29NO. The first-order valence-electron chi connectivity index (χ1n) is 8.22. The molecule has 0 amide bonds. The highest BCUT2D eigenvalue weighted by atomic mass is 16.5. The Kier molecular flexibility index (Phi) is 6.06. The van der Waals surface area contributed by atoms with Crippen LogP contribution in [-0.4, -0.2) is 18.8 Å². The van der Waals surface area contributed by atoms with Gasteiger partial charge in [0.05, 0.1) is 18.2 Å². The van der Waals surface area contributed by atoms with Crippen molar-refractivity contribution in [1.29, 1.82) is 0 Å². The van der Waals surface area contributed by atoms with E-state index in [1.54, 1.807) is 0 Å². The van der Waals surface area contributed by atoms with Crippen molar-refractivity contribution in [3.8, 4) is 0 Å². The molecule has 0 aliphatic carbocycles. The van der Waals surface area contributed by atoms with Crippen LogP contribution < -0.4 is 5.32 Å². The Bertz CT molecular complexity index is 387. The minimum Gasteiger partial charge on any atom is -0.373 e. The molecule has 0 radical (unpaired) electrons. The van der Waals surface area contributed by atoms with E-state index < -0.39 is 0 Å². The van der Waals surface area contributed by atoms with Crippen molar-refractivity contribution in [3.63, 3.8) is 0 Å². The van der Waals surface area contributed by atoms with Gasteiger partial charge in [0.15, 0.2) is 0 Å². The van der Waals surface area contributed by atoms with E-state index in [1.807, 2.05) is 0 Å². The molecule has 0 bridgehead atoms. The zero-order chi connectivity index (χ0) is 14.4. The summed E-state index contributed by atoms with van der Waals surface area (Å²) in [4.78, 5) is 0. The molecule has 1 aromatic rings. The van der Waals surface area contributed by atoms with Crippen molar-refractivity contribution in [3.05, 3.63) is 35.4 Å². The van der Waals surface area contributed by atoms with Crippen LogP contribution in [0.25, 0.3) is 0 Å². The minimum atomic E-state index is 0.327. The molecule has 0 spiro atoms. The van der Waals surface area contributed by atoms with Crippen LogP contribution in [0.5, 0.6) is 0 Å². The van der Waals surface area contributed by atoms with E-state index in [9.17, 15) is 0 Å². The standard InChI is InChI=1S/C18H29NO/c1-4-6-15-8-10-16(11-9-15)18(19-13-5-2)17-12-7-14(3)20-17/h8-11,14,17-19H,4-7,12-13H2,1-3H3. The smallest absolute Gasteiger partial charge is 0.0774 e. The third-order valence-corrected chi connectivity index (χ3v) is 4.13. The van der Waals surface area contributed by atoms with E-state index in [1.165, 1.54) is 36.8 Å². The highest BCUT2D eigenvalue weighted by molar-refractivity contribution is 5.26. The molecule has 1 aliphatic rings. The van der Waals surface area contributed by atoms with Crippen LogP contribution in [0.1, 0.15) is 63.6 Å². The van der Waals surface area contributed by atoms with Gasteiger partial charge in [0, 0.05) is 0 Å². The Morgan fingerprint density at radius 2 is 1.90 bits per heavy atom. The molecule has 1 fully saturated rings. The summed E-state index contributed by atoms with van der Waals surface area (Å²) in [5.74, 6) is 0. The van der Waals surface area contributed by atoms with Crippen LogP contribution >= 0.6 is 0 Å². The lowest BCUT2D eigenvalue weighted by atomic mass is 9.97. The van der Waals surface area contributed by atoms with Gasteiger partial charge in [-0.1, -0.05) is 44.5 Å². The second-order valence-corrected chi connectivity index (χ2v) is 5.99. The van der Waals surface area contributed by atoms with Gasteiger partial charge in [-0.2, -0.15) is 0 Å². The summed E-state index contributed by atoms with van der Waals surface area (Å²) in [6.45, 7) is 7.68. The Hall–Kier alpha value is -0.860. The van der Waals surface area contributed by atoms with Crippen molar-refractivity contribution < 1.29 is 4.74 Å². The van der Waals surface area contributed by atoms with Crippen molar-refractivity contribution >= 4 is 0 Å². The number of aryl methyl sites for hydroxylation is 1. The number of ether oxygens (including phenoxy) is 1. The summed E-state index contributed by atoms with van der Waals surface area (Å²) in [6.07, 6.45) is 6.62. The second kappa shape index (κ2) is 7.80. The molecule has 112 valence electrons. The Balaban J connectivity index is 2.08. The molecule has 1 heterocycles. The zero-order valence-electron chi connectivity index (χ0n) is 13.2. The molecule has 3 atom stereocenters. The molecule has 3 unspecified atom stereocenters. The van der Waals surface area contributed by atoms with E-state index in [-0.39, 0.29) is 0 Å². The quantitative estimate of drug-likeness (QED) is 0.803. The van der Waals surface area contributed by atoms with Gasteiger partial charge in [0.2, 0.25) is 0 Å². The van der Waals surface area contributed by atoms with E-state index in [0.717, 1.165) is 13.0 Å². The molecule has 0 aromatic heterocycles. The van der Waals surface area contributed by atoms with Gasteiger partial charge in [-0.05, 0) is 50.3 Å². The second-order valence-electron chi connectivity index (χ2n) is 5.99. The van der Waals surface area contributed by atoms with Crippen LogP contribution in [0.2, 0.25) is 0 Å². The maximum Gasteiger partial charge on any atom is 0.0774 e. The largest absolute Gasteiger partial charge is 0.373 e. The maximum atomic E-state index is 6.09. The lowest BCUT2D eigenvalue weighted by molar-refractivity contribution is 0.0316. The van der Waals surface area contributed by atoms with Crippen LogP contribution in [0.15, 0.2) is 24.3 Å². The highest BCUT2D eigenvalue weighted by Gasteiger charge is 2.30. The topological polar surface area (TPSA) is 21.3 Å². The summed E-state index contributed by atoms with van der Waals surface area (Å²) < 4.78 is 6.09. The van der Waals surface area contributed by atoms with Crippen molar-refractivity contribution in [2.75, 3.05) is 6.54 Å². The molecule has 1 aromatic carbocycles. The van der Waals surface area contributed by atoms with Gasteiger partial charge < -0.3 is 10.1 Å². The summed E-state index contributed by atoms with van der Waals surface area (Å²) in [5, 5.41) is 3.67. The monoisotopic (exact) mass is 275 g/mol. The third-order valence-electron chi connectivity index (χ3n) is 4.13. The predicted octanol–water partition coefficient (Wildman–Crippen LogP) is 4.25. The van der Waals surface area contributed by atoms with E-state index >= 15 is 0 Å². The summed E-state index contributed by atoms with van der Waals surface area (Å²) in [6, 6.07) is 9.46. The van der Waals surface area contributed by atoms with E-state index in [0.29, 0.717) is 18.2 Å². The number of hydrogen-bond donors (Lipinski definition) is 1. The lowest BCUT2D eigenvalue weighted by Crippen LogP contribution is -2.32. The lowest BCUT2D eigenvalue weighted by Gasteiger charge is -2.25. The van der Waals surface area contributed by atoms with Gasteiger partial charge in [0.1, 0.15) is 0 Å². The first kappa shape index (κ1) is 15.5. The van der Waals surface area contributed by atoms with Gasteiger partial charge >= 0.3 is 0 Å². The predicted molar refractivity (Wildman–Crippen MR) is 85.0 cm³/mol. The minimum absolute atomic E-state index is 0.327. The fourth-order valence-corrected chi connectivity index (χ4v) is 3.02. The molecule has 0 saturated carbocycles. The SMILES string of the molecule is CCCNC(c1ccc(CCC)cc1)C1CCC(C)O1. The molecule has 2 rings (SSSR count). The Morgan fingerprint density at radius 3 is 2.45 bits per heavy atom. The van der Waals surface area contributed by atoms with Gasteiger partial charge in [-0.3, -0.25) is 0 Å². The highest BCUT2D eigenvalue weighted by Crippen LogP contribution is 2.30. The maximum absolute atomic E-state index is 6.09.